The Balaban J connectivity index is 2.28. The van der Waals surface area contributed by atoms with E-state index in [1.165, 1.54) is 5.06 Å². The molecular weight excluding hydrogens is 221 g/mol. The molecule has 1 atom stereocenters. The summed E-state index contributed by atoms with van der Waals surface area (Å²) in [6.45, 7) is 1.34. The van der Waals surface area contributed by atoms with E-state index in [1.54, 1.807) is 6.07 Å². The quantitative estimate of drug-likeness (QED) is 0.803. The topological polar surface area (TPSA) is 23.5 Å². The van der Waals surface area contributed by atoms with Crippen LogP contribution in [0.2, 0.25) is 10.0 Å². The lowest BCUT2D eigenvalue weighted by Crippen LogP contribution is -2.14. The van der Waals surface area contributed by atoms with Gasteiger partial charge < -0.3 is 5.21 Å². The predicted molar refractivity (Wildman–Crippen MR) is 57.2 cm³/mol. The average molecular weight is 232 g/mol. The fourth-order valence-corrected chi connectivity index (χ4v) is 2.29. The fraction of sp³-hybridized carbons (Fsp3) is 0.400. The highest BCUT2D eigenvalue weighted by atomic mass is 35.5. The van der Waals surface area contributed by atoms with E-state index in [0.29, 0.717) is 29.1 Å². The smallest absolute Gasteiger partial charge is 0.0627 e. The van der Waals surface area contributed by atoms with Crippen LogP contribution in [0.3, 0.4) is 0 Å². The number of halogens is 2. The van der Waals surface area contributed by atoms with Gasteiger partial charge in [0, 0.05) is 19.0 Å². The number of benzene rings is 1. The fourth-order valence-electron chi connectivity index (χ4n) is 1.83. The van der Waals surface area contributed by atoms with Crippen LogP contribution in [0.4, 0.5) is 0 Å². The van der Waals surface area contributed by atoms with Crippen molar-refractivity contribution in [3.8, 4) is 0 Å². The molecule has 1 fully saturated rings. The van der Waals surface area contributed by atoms with E-state index in [-0.39, 0.29) is 0 Å². The largest absolute Gasteiger partial charge is 0.314 e. The lowest BCUT2D eigenvalue weighted by Gasteiger charge is -2.12. The zero-order valence-electron chi connectivity index (χ0n) is 7.58. The van der Waals surface area contributed by atoms with Gasteiger partial charge in [0.1, 0.15) is 0 Å². The van der Waals surface area contributed by atoms with Crippen molar-refractivity contribution >= 4 is 23.2 Å². The van der Waals surface area contributed by atoms with Gasteiger partial charge in [0.2, 0.25) is 0 Å². The SMILES string of the molecule is ON1CCC(c2cccc(Cl)c2Cl)C1. The molecule has 2 nitrogen and oxygen atoms in total. The second-order valence-electron chi connectivity index (χ2n) is 3.54. The van der Waals surface area contributed by atoms with E-state index >= 15 is 0 Å². The normalized spacial score (nSPS) is 22.9. The number of rotatable bonds is 1. The van der Waals surface area contributed by atoms with E-state index < -0.39 is 0 Å². The highest BCUT2D eigenvalue weighted by molar-refractivity contribution is 6.42. The third-order valence-electron chi connectivity index (χ3n) is 2.59. The molecule has 14 heavy (non-hydrogen) atoms. The van der Waals surface area contributed by atoms with Gasteiger partial charge in [0.25, 0.3) is 0 Å². The summed E-state index contributed by atoms with van der Waals surface area (Å²) in [5, 5.41) is 11.8. The van der Waals surface area contributed by atoms with Crippen LogP contribution >= 0.6 is 23.2 Å². The van der Waals surface area contributed by atoms with Crippen LogP contribution in [0.5, 0.6) is 0 Å². The molecule has 2 rings (SSSR count). The van der Waals surface area contributed by atoms with Gasteiger partial charge >= 0.3 is 0 Å². The number of hydroxylamine groups is 2. The Bertz CT molecular complexity index is 343. The molecule has 1 N–H and O–H groups in total. The van der Waals surface area contributed by atoms with Crippen molar-refractivity contribution in [2.45, 2.75) is 12.3 Å². The predicted octanol–water partition coefficient (Wildman–Crippen LogP) is 3.17. The van der Waals surface area contributed by atoms with Gasteiger partial charge in [-0.2, -0.15) is 5.06 Å². The van der Waals surface area contributed by atoms with Crippen LogP contribution in [0.1, 0.15) is 17.9 Å². The Morgan fingerprint density at radius 3 is 2.79 bits per heavy atom. The molecule has 0 aromatic heterocycles. The summed E-state index contributed by atoms with van der Waals surface area (Å²) in [5.74, 6) is 0.297. The van der Waals surface area contributed by atoms with Crippen molar-refractivity contribution in [3.05, 3.63) is 33.8 Å². The Morgan fingerprint density at radius 1 is 1.36 bits per heavy atom. The molecule has 1 aliphatic heterocycles. The Morgan fingerprint density at radius 2 is 2.14 bits per heavy atom. The molecule has 4 heteroatoms. The highest BCUT2D eigenvalue weighted by Crippen LogP contribution is 2.35. The molecule has 0 amide bonds. The van der Waals surface area contributed by atoms with E-state index in [1.807, 2.05) is 12.1 Å². The standard InChI is InChI=1S/C10H11Cl2NO/c11-9-3-1-2-8(10(9)12)7-4-5-13(14)6-7/h1-3,7,14H,4-6H2. The summed E-state index contributed by atoms with van der Waals surface area (Å²) >= 11 is 12.0. The first-order chi connectivity index (χ1) is 6.68. The first kappa shape index (κ1) is 10.2. The lowest BCUT2D eigenvalue weighted by molar-refractivity contribution is -0.0691. The van der Waals surface area contributed by atoms with Crippen molar-refractivity contribution in [3.63, 3.8) is 0 Å². The molecule has 0 spiro atoms. The van der Waals surface area contributed by atoms with Gasteiger partial charge in [-0.25, -0.2) is 0 Å². The molecule has 0 saturated carbocycles. The van der Waals surface area contributed by atoms with E-state index in [2.05, 4.69) is 0 Å². The first-order valence-corrected chi connectivity index (χ1v) is 5.32. The summed E-state index contributed by atoms with van der Waals surface area (Å²) < 4.78 is 0. The maximum absolute atomic E-state index is 9.28. The van der Waals surface area contributed by atoms with Crippen LogP contribution in [-0.4, -0.2) is 23.4 Å². The first-order valence-electron chi connectivity index (χ1n) is 4.56. The van der Waals surface area contributed by atoms with Crippen molar-refractivity contribution in [1.82, 2.24) is 5.06 Å². The van der Waals surface area contributed by atoms with Gasteiger partial charge in [-0.05, 0) is 18.1 Å². The van der Waals surface area contributed by atoms with Gasteiger partial charge in [-0.1, -0.05) is 35.3 Å². The summed E-state index contributed by atoms with van der Waals surface area (Å²) in [6, 6.07) is 5.64. The molecule has 1 heterocycles. The van der Waals surface area contributed by atoms with E-state index in [0.717, 1.165) is 12.0 Å². The molecule has 1 aromatic carbocycles. The van der Waals surface area contributed by atoms with Gasteiger partial charge in [0.15, 0.2) is 0 Å². The third kappa shape index (κ3) is 1.89. The molecule has 0 radical (unpaired) electrons. The Hall–Kier alpha value is -0.280. The van der Waals surface area contributed by atoms with Crippen molar-refractivity contribution < 1.29 is 5.21 Å². The Kier molecular flexibility index (Phi) is 2.98. The third-order valence-corrected chi connectivity index (χ3v) is 3.42. The Labute approximate surface area is 93.0 Å². The number of hydrogen-bond donors (Lipinski definition) is 1. The minimum absolute atomic E-state index is 0.297. The maximum atomic E-state index is 9.28. The van der Waals surface area contributed by atoms with Crippen molar-refractivity contribution in [2.75, 3.05) is 13.1 Å². The van der Waals surface area contributed by atoms with Gasteiger partial charge in [-0.15, -0.1) is 0 Å². The zero-order chi connectivity index (χ0) is 10.1. The van der Waals surface area contributed by atoms with E-state index in [9.17, 15) is 5.21 Å². The van der Waals surface area contributed by atoms with Crippen LogP contribution < -0.4 is 0 Å². The molecule has 76 valence electrons. The van der Waals surface area contributed by atoms with Crippen molar-refractivity contribution in [1.29, 1.82) is 0 Å². The van der Waals surface area contributed by atoms with Gasteiger partial charge in [0.05, 0.1) is 10.0 Å². The van der Waals surface area contributed by atoms with Crippen molar-refractivity contribution in [2.24, 2.45) is 0 Å². The van der Waals surface area contributed by atoms with E-state index in [4.69, 9.17) is 23.2 Å². The molecule has 1 saturated heterocycles. The van der Waals surface area contributed by atoms with Crippen LogP contribution in [0.25, 0.3) is 0 Å². The monoisotopic (exact) mass is 231 g/mol. The van der Waals surface area contributed by atoms with Crippen LogP contribution in [-0.2, 0) is 0 Å². The molecule has 1 aliphatic rings. The minimum Gasteiger partial charge on any atom is -0.314 e. The number of nitrogens with zero attached hydrogens (tertiary/aromatic N) is 1. The molecule has 0 aliphatic carbocycles. The second kappa shape index (κ2) is 4.07. The highest BCUT2D eigenvalue weighted by Gasteiger charge is 2.24. The molecule has 0 bridgehead atoms. The lowest BCUT2D eigenvalue weighted by atomic mass is 9.98. The second-order valence-corrected chi connectivity index (χ2v) is 4.33. The minimum atomic E-state index is 0.297. The van der Waals surface area contributed by atoms with Crippen LogP contribution in [0.15, 0.2) is 18.2 Å². The zero-order valence-corrected chi connectivity index (χ0v) is 9.09. The van der Waals surface area contributed by atoms with Gasteiger partial charge in [-0.3, -0.25) is 0 Å². The summed E-state index contributed by atoms with van der Waals surface area (Å²) in [6.07, 6.45) is 0.927. The average Bonchev–Trinajstić information content (AvgIpc) is 2.57. The number of hydrogen-bond acceptors (Lipinski definition) is 2. The summed E-state index contributed by atoms with van der Waals surface area (Å²) in [5.41, 5.74) is 1.04. The molecule has 1 aromatic rings. The molecule has 1 unspecified atom stereocenters. The molecular formula is C10H11Cl2NO. The summed E-state index contributed by atoms with van der Waals surface area (Å²) in [4.78, 5) is 0. The summed E-state index contributed by atoms with van der Waals surface area (Å²) in [7, 11) is 0. The maximum Gasteiger partial charge on any atom is 0.0627 e. The van der Waals surface area contributed by atoms with Crippen LogP contribution in [0, 0.1) is 0 Å².